The molecule has 2 aliphatic rings. The van der Waals surface area contributed by atoms with Crippen molar-refractivity contribution in [3.05, 3.63) is 29.8 Å². The van der Waals surface area contributed by atoms with Gasteiger partial charge in [0.2, 0.25) is 10.0 Å². The van der Waals surface area contributed by atoms with E-state index in [0.717, 1.165) is 44.1 Å². The Balaban J connectivity index is 1.55. The van der Waals surface area contributed by atoms with Crippen LogP contribution >= 0.6 is 0 Å². The summed E-state index contributed by atoms with van der Waals surface area (Å²) in [7, 11) is -3.53. The number of urea groups is 1. The van der Waals surface area contributed by atoms with Crippen LogP contribution < -0.4 is 10.6 Å². The van der Waals surface area contributed by atoms with Crippen LogP contribution in [0.15, 0.2) is 29.2 Å². The van der Waals surface area contributed by atoms with E-state index in [1.165, 1.54) is 19.3 Å². The lowest BCUT2D eigenvalue weighted by Gasteiger charge is -2.25. The van der Waals surface area contributed by atoms with Crippen molar-refractivity contribution in [1.29, 1.82) is 0 Å². The zero-order valence-electron chi connectivity index (χ0n) is 16.8. The number of hydrogen-bond acceptors (Lipinski definition) is 3. The zero-order chi connectivity index (χ0) is 20.0. The molecule has 1 saturated heterocycles. The second-order valence-electron chi connectivity index (χ2n) is 8.12. The molecule has 2 amide bonds. The van der Waals surface area contributed by atoms with Crippen LogP contribution in [0, 0.1) is 6.92 Å². The lowest BCUT2D eigenvalue weighted by Crippen LogP contribution is -2.48. The van der Waals surface area contributed by atoms with Gasteiger partial charge in [-0.1, -0.05) is 44.2 Å². The average molecular weight is 408 g/mol. The molecule has 7 heteroatoms. The van der Waals surface area contributed by atoms with Gasteiger partial charge < -0.3 is 10.6 Å². The lowest BCUT2D eigenvalue weighted by atomic mass is 9.97. The van der Waals surface area contributed by atoms with Crippen LogP contribution in [0.2, 0.25) is 0 Å². The molecule has 1 heterocycles. The Morgan fingerprint density at radius 3 is 2.50 bits per heavy atom. The second kappa shape index (κ2) is 9.74. The number of amides is 2. The van der Waals surface area contributed by atoms with E-state index in [-0.39, 0.29) is 18.1 Å². The number of carbonyl (C=O) groups is 1. The van der Waals surface area contributed by atoms with Gasteiger partial charge in [-0.15, -0.1) is 0 Å². The van der Waals surface area contributed by atoms with Gasteiger partial charge in [0.25, 0.3) is 0 Å². The standard InChI is InChI=1S/C21H33N3O3S/c1-17-9-7-13-20(15-17)28(26,27)24-14-8-12-19(24)16-22-21(25)23-18-10-5-3-2-4-6-11-18/h7,9,13,15,18-19H,2-6,8,10-12,14,16H2,1H3,(H2,22,23,25). The van der Waals surface area contributed by atoms with E-state index in [1.807, 2.05) is 13.0 Å². The summed E-state index contributed by atoms with van der Waals surface area (Å²) in [4.78, 5) is 12.7. The number of aryl methyl sites for hydroxylation is 1. The Morgan fingerprint density at radius 2 is 1.79 bits per heavy atom. The van der Waals surface area contributed by atoms with E-state index in [9.17, 15) is 13.2 Å². The van der Waals surface area contributed by atoms with Crippen LogP contribution in [0.1, 0.15) is 63.4 Å². The third-order valence-electron chi connectivity index (χ3n) is 5.86. The van der Waals surface area contributed by atoms with E-state index in [4.69, 9.17) is 0 Å². The van der Waals surface area contributed by atoms with Gasteiger partial charge in [-0.2, -0.15) is 4.31 Å². The van der Waals surface area contributed by atoms with Gasteiger partial charge >= 0.3 is 6.03 Å². The van der Waals surface area contributed by atoms with Gasteiger partial charge in [0, 0.05) is 25.2 Å². The first-order chi connectivity index (χ1) is 13.5. The highest BCUT2D eigenvalue weighted by Crippen LogP contribution is 2.26. The normalized spacial score (nSPS) is 22.4. The van der Waals surface area contributed by atoms with Crippen molar-refractivity contribution in [3.8, 4) is 0 Å². The highest BCUT2D eigenvalue weighted by molar-refractivity contribution is 7.89. The molecular formula is C21H33N3O3S. The second-order valence-corrected chi connectivity index (χ2v) is 10.0. The van der Waals surface area contributed by atoms with Gasteiger partial charge in [0.1, 0.15) is 0 Å². The summed E-state index contributed by atoms with van der Waals surface area (Å²) in [5.74, 6) is 0. The van der Waals surface area contributed by atoms with Gasteiger partial charge in [-0.05, 0) is 50.3 Å². The fourth-order valence-electron chi connectivity index (χ4n) is 4.29. The molecule has 1 aliphatic carbocycles. The molecule has 1 aliphatic heterocycles. The Morgan fingerprint density at radius 1 is 1.07 bits per heavy atom. The van der Waals surface area contributed by atoms with E-state index in [1.54, 1.807) is 22.5 Å². The molecule has 1 saturated carbocycles. The van der Waals surface area contributed by atoms with Crippen molar-refractivity contribution in [3.63, 3.8) is 0 Å². The summed E-state index contributed by atoms with van der Waals surface area (Å²) >= 11 is 0. The van der Waals surface area contributed by atoms with Gasteiger partial charge in [-0.25, -0.2) is 13.2 Å². The first kappa shape index (κ1) is 21.1. The van der Waals surface area contributed by atoms with Crippen LogP contribution in [0.4, 0.5) is 4.79 Å². The first-order valence-corrected chi connectivity index (χ1v) is 12.0. The Hall–Kier alpha value is -1.60. The summed E-state index contributed by atoms with van der Waals surface area (Å²) < 4.78 is 27.6. The fraction of sp³-hybridized carbons (Fsp3) is 0.667. The predicted octanol–water partition coefficient (Wildman–Crippen LogP) is 3.56. The molecule has 2 fully saturated rings. The maximum absolute atomic E-state index is 13.0. The number of nitrogens with zero attached hydrogens (tertiary/aromatic N) is 1. The van der Waals surface area contributed by atoms with Crippen LogP contribution in [-0.2, 0) is 10.0 Å². The van der Waals surface area contributed by atoms with Crippen molar-refractivity contribution in [1.82, 2.24) is 14.9 Å². The van der Waals surface area contributed by atoms with Crippen LogP contribution in [-0.4, -0.2) is 43.9 Å². The molecular weight excluding hydrogens is 374 g/mol. The van der Waals surface area contributed by atoms with Gasteiger partial charge in [0.05, 0.1) is 4.90 Å². The SMILES string of the molecule is Cc1cccc(S(=O)(=O)N2CCCC2CNC(=O)NC2CCCCCCC2)c1. The van der Waals surface area contributed by atoms with Crippen molar-refractivity contribution < 1.29 is 13.2 Å². The van der Waals surface area contributed by atoms with Crippen molar-refractivity contribution >= 4 is 16.1 Å². The Labute approximate surface area is 169 Å². The maximum atomic E-state index is 13.0. The molecule has 2 N–H and O–H groups in total. The molecule has 28 heavy (non-hydrogen) atoms. The third-order valence-corrected chi connectivity index (χ3v) is 7.81. The Kier molecular flexibility index (Phi) is 7.35. The number of rotatable bonds is 5. The predicted molar refractivity (Wildman–Crippen MR) is 111 cm³/mol. The largest absolute Gasteiger partial charge is 0.337 e. The van der Waals surface area contributed by atoms with Crippen molar-refractivity contribution in [2.45, 2.75) is 81.7 Å². The minimum Gasteiger partial charge on any atom is -0.337 e. The molecule has 0 spiro atoms. The molecule has 0 bridgehead atoms. The number of hydrogen-bond donors (Lipinski definition) is 2. The van der Waals surface area contributed by atoms with Crippen molar-refractivity contribution in [2.75, 3.05) is 13.1 Å². The monoisotopic (exact) mass is 407 g/mol. The molecule has 3 rings (SSSR count). The van der Waals surface area contributed by atoms with Gasteiger partial charge in [-0.3, -0.25) is 0 Å². The molecule has 1 atom stereocenters. The summed E-state index contributed by atoms with van der Waals surface area (Å²) in [5, 5.41) is 6.00. The van der Waals surface area contributed by atoms with Crippen molar-refractivity contribution in [2.24, 2.45) is 0 Å². The van der Waals surface area contributed by atoms with Crippen LogP contribution in [0.3, 0.4) is 0 Å². The van der Waals surface area contributed by atoms with Crippen LogP contribution in [0.5, 0.6) is 0 Å². The van der Waals surface area contributed by atoms with E-state index >= 15 is 0 Å². The Bertz CT molecular complexity index is 758. The molecule has 1 aromatic rings. The molecule has 0 aromatic heterocycles. The summed E-state index contributed by atoms with van der Waals surface area (Å²) in [6.45, 7) is 2.75. The topological polar surface area (TPSA) is 78.5 Å². The summed E-state index contributed by atoms with van der Waals surface area (Å²) in [5.41, 5.74) is 0.925. The minimum absolute atomic E-state index is 0.176. The molecule has 1 aromatic carbocycles. The molecule has 0 radical (unpaired) electrons. The first-order valence-electron chi connectivity index (χ1n) is 10.6. The smallest absolute Gasteiger partial charge is 0.315 e. The van der Waals surface area contributed by atoms with Gasteiger partial charge in [0.15, 0.2) is 0 Å². The summed E-state index contributed by atoms with van der Waals surface area (Å²) in [6.07, 6.45) is 9.77. The molecule has 6 nitrogen and oxygen atoms in total. The summed E-state index contributed by atoms with van der Waals surface area (Å²) in [6, 6.07) is 6.89. The molecule has 156 valence electrons. The quantitative estimate of drug-likeness (QED) is 0.783. The number of nitrogens with one attached hydrogen (secondary N) is 2. The average Bonchev–Trinajstić information content (AvgIpc) is 3.12. The van der Waals surface area contributed by atoms with E-state index in [2.05, 4.69) is 10.6 Å². The highest BCUT2D eigenvalue weighted by atomic mass is 32.2. The third kappa shape index (κ3) is 5.47. The zero-order valence-corrected chi connectivity index (χ0v) is 17.6. The highest BCUT2D eigenvalue weighted by Gasteiger charge is 2.35. The fourth-order valence-corrected chi connectivity index (χ4v) is 6.09. The number of sulfonamides is 1. The number of benzene rings is 1. The van der Waals surface area contributed by atoms with E-state index in [0.29, 0.717) is 18.0 Å². The lowest BCUT2D eigenvalue weighted by molar-refractivity contribution is 0.231. The molecule has 1 unspecified atom stereocenters. The maximum Gasteiger partial charge on any atom is 0.315 e. The van der Waals surface area contributed by atoms with E-state index < -0.39 is 10.0 Å². The minimum atomic E-state index is -3.53. The number of carbonyl (C=O) groups excluding carboxylic acids is 1. The van der Waals surface area contributed by atoms with Crippen LogP contribution in [0.25, 0.3) is 0 Å².